The summed E-state index contributed by atoms with van der Waals surface area (Å²) in [5.74, 6) is -0.603. The van der Waals surface area contributed by atoms with Gasteiger partial charge in [0.15, 0.2) is 0 Å². The highest BCUT2D eigenvalue weighted by Gasteiger charge is 2.42. The van der Waals surface area contributed by atoms with E-state index in [1.807, 2.05) is 0 Å². The molecule has 1 aliphatic heterocycles. The van der Waals surface area contributed by atoms with Gasteiger partial charge in [0.2, 0.25) is 0 Å². The van der Waals surface area contributed by atoms with Crippen LogP contribution >= 0.6 is 0 Å². The Morgan fingerprint density at radius 3 is 2.74 bits per heavy atom. The van der Waals surface area contributed by atoms with E-state index in [1.165, 1.54) is 19.3 Å². The zero-order valence-electron chi connectivity index (χ0n) is 11.8. The molecule has 1 aliphatic carbocycles. The van der Waals surface area contributed by atoms with E-state index in [-0.39, 0.29) is 17.4 Å². The largest absolute Gasteiger partial charge is 0.481 e. The lowest BCUT2D eigenvalue weighted by atomic mass is 9.71. The fourth-order valence-corrected chi connectivity index (χ4v) is 3.85. The van der Waals surface area contributed by atoms with Crippen LogP contribution in [0.3, 0.4) is 0 Å². The molecule has 1 saturated heterocycles. The van der Waals surface area contributed by atoms with Gasteiger partial charge < -0.3 is 15.6 Å². The first-order valence-electron chi connectivity index (χ1n) is 7.74. The van der Waals surface area contributed by atoms with E-state index in [0.717, 1.165) is 38.7 Å². The number of carboxylic acids is 1. The molecule has 3 N–H and O–H groups in total. The van der Waals surface area contributed by atoms with Crippen LogP contribution in [0.4, 0.5) is 0 Å². The van der Waals surface area contributed by atoms with Gasteiger partial charge in [-0.15, -0.1) is 0 Å². The Morgan fingerprint density at radius 2 is 2.11 bits per heavy atom. The number of carbonyl (C=O) groups is 1. The van der Waals surface area contributed by atoms with Crippen LogP contribution in [0.15, 0.2) is 0 Å². The molecule has 1 heterocycles. The van der Waals surface area contributed by atoms with Crippen molar-refractivity contribution in [3.05, 3.63) is 0 Å². The van der Waals surface area contributed by atoms with Gasteiger partial charge in [-0.25, -0.2) is 0 Å². The Kier molecular flexibility index (Phi) is 5.22. The van der Waals surface area contributed by atoms with Crippen molar-refractivity contribution in [2.24, 2.45) is 17.6 Å². The third kappa shape index (κ3) is 3.69. The van der Waals surface area contributed by atoms with Crippen LogP contribution < -0.4 is 5.73 Å². The predicted molar refractivity (Wildman–Crippen MR) is 73.9 cm³/mol. The minimum atomic E-state index is -0.647. The Balaban J connectivity index is 1.99. The van der Waals surface area contributed by atoms with Crippen LogP contribution in [0.25, 0.3) is 0 Å². The van der Waals surface area contributed by atoms with Gasteiger partial charge in [-0.1, -0.05) is 19.3 Å². The molecule has 0 aromatic rings. The van der Waals surface area contributed by atoms with Crippen LogP contribution in [-0.2, 0) is 9.53 Å². The van der Waals surface area contributed by atoms with Crippen molar-refractivity contribution in [1.82, 2.24) is 0 Å². The van der Waals surface area contributed by atoms with E-state index in [4.69, 9.17) is 10.5 Å². The van der Waals surface area contributed by atoms with Crippen molar-refractivity contribution in [3.8, 4) is 0 Å². The third-order valence-corrected chi connectivity index (χ3v) is 4.90. The van der Waals surface area contributed by atoms with E-state index in [0.29, 0.717) is 13.0 Å². The van der Waals surface area contributed by atoms with Crippen LogP contribution in [-0.4, -0.2) is 29.8 Å². The number of rotatable bonds is 5. The van der Waals surface area contributed by atoms with Crippen molar-refractivity contribution in [2.45, 2.75) is 63.4 Å². The average Bonchev–Trinajstić information content (AvgIpc) is 2.40. The van der Waals surface area contributed by atoms with Crippen molar-refractivity contribution in [3.63, 3.8) is 0 Å². The van der Waals surface area contributed by atoms with E-state index in [2.05, 4.69) is 0 Å². The fraction of sp³-hybridized carbons (Fsp3) is 0.933. The molecular weight excluding hydrogens is 242 g/mol. The Labute approximate surface area is 115 Å². The second kappa shape index (κ2) is 6.71. The highest BCUT2D eigenvalue weighted by Crippen LogP contribution is 2.43. The molecule has 1 spiro atoms. The highest BCUT2D eigenvalue weighted by molar-refractivity contribution is 5.70. The SMILES string of the molecule is NCCCC(C(=O)O)C1CCOC2(CCCCC2)C1. The molecule has 4 heteroatoms. The second-order valence-corrected chi connectivity index (χ2v) is 6.22. The first-order valence-corrected chi connectivity index (χ1v) is 7.74. The second-order valence-electron chi connectivity index (χ2n) is 6.22. The zero-order chi connectivity index (χ0) is 13.7. The normalized spacial score (nSPS) is 28.2. The summed E-state index contributed by atoms with van der Waals surface area (Å²) in [7, 11) is 0. The summed E-state index contributed by atoms with van der Waals surface area (Å²) >= 11 is 0. The molecule has 0 aromatic carbocycles. The Morgan fingerprint density at radius 1 is 1.37 bits per heavy atom. The first kappa shape index (κ1) is 14.8. The van der Waals surface area contributed by atoms with Gasteiger partial charge in [0.1, 0.15) is 0 Å². The molecule has 2 rings (SSSR count). The number of hydrogen-bond donors (Lipinski definition) is 2. The fourth-order valence-electron chi connectivity index (χ4n) is 3.85. The van der Waals surface area contributed by atoms with Crippen molar-refractivity contribution in [1.29, 1.82) is 0 Å². The van der Waals surface area contributed by atoms with Crippen LogP contribution in [0.5, 0.6) is 0 Å². The minimum absolute atomic E-state index is 0.00240. The number of carboxylic acid groups (broad SMARTS) is 1. The summed E-state index contributed by atoms with van der Waals surface area (Å²) in [6.07, 6.45) is 9.34. The lowest BCUT2D eigenvalue weighted by molar-refractivity contribution is -0.153. The maximum Gasteiger partial charge on any atom is 0.306 e. The molecule has 19 heavy (non-hydrogen) atoms. The van der Waals surface area contributed by atoms with Gasteiger partial charge in [0.05, 0.1) is 11.5 Å². The Bertz CT molecular complexity index is 294. The molecule has 2 aliphatic rings. The van der Waals surface area contributed by atoms with Gasteiger partial charge >= 0.3 is 5.97 Å². The molecule has 2 atom stereocenters. The van der Waals surface area contributed by atoms with Gasteiger partial charge in [0, 0.05) is 6.61 Å². The van der Waals surface area contributed by atoms with Crippen LogP contribution in [0.1, 0.15) is 57.8 Å². The number of nitrogens with two attached hydrogens (primary N) is 1. The smallest absolute Gasteiger partial charge is 0.306 e. The summed E-state index contributed by atoms with van der Waals surface area (Å²) < 4.78 is 6.05. The summed E-state index contributed by atoms with van der Waals surface area (Å²) in [6.45, 7) is 1.31. The molecule has 0 amide bonds. The lowest BCUT2D eigenvalue weighted by Crippen LogP contribution is -2.44. The van der Waals surface area contributed by atoms with Gasteiger partial charge in [0.25, 0.3) is 0 Å². The summed E-state index contributed by atoms with van der Waals surface area (Å²) in [5.41, 5.74) is 5.52. The molecule has 0 aromatic heterocycles. The lowest BCUT2D eigenvalue weighted by Gasteiger charge is -2.45. The molecule has 1 saturated carbocycles. The van der Waals surface area contributed by atoms with Crippen LogP contribution in [0.2, 0.25) is 0 Å². The monoisotopic (exact) mass is 269 g/mol. The quantitative estimate of drug-likeness (QED) is 0.804. The Hall–Kier alpha value is -0.610. The van der Waals surface area contributed by atoms with E-state index < -0.39 is 5.97 Å². The van der Waals surface area contributed by atoms with Crippen LogP contribution in [0, 0.1) is 11.8 Å². The molecule has 0 bridgehead atoms. The topological polar surface area (TPSA) is 72.6 Å². The summed E-state index contributed by atoms with van der Waals surface area (Å²) in [4.78, 5) is 11.5. The van der Waals surface area contributed by atoms with Crippen molar-refractivity contribution < 1.29 is 14.6 Å². The van der Waals surface area contributed by atoms with Gasteiger partial charge in [-0.05, 0) is 51.0 Å². The molecule has 2 unspecified atom stereocenters. The summed E-state index contributed by atoms with van der Waals surface area (Å²) in [5, 5.41) is 9.46. The first-order chi connectivity index (χ1) is 9.17. The molecule has 4 nitrogen and oxygen atoms in total. The molecule has 2 fully saturated rings. The maximum absolute atomic E-state index is 11.5. The van der Waals surface area contributed by atoms with E-state index in [9.17, 15) is 9.90 Å². The van der Waals surface area contributed by atoms with Crippen molar-refractivity contribution in [2.75, 3.05) is 13.2 Å². The standard InChI is InChI=1S/C15H27NO3/c16-9-4-5-13(14(17)18)12-6-10-19-15(11-12)7-2-1-3-8-15/h12-13H,1-11,16H2,(H,17,18). The number of hydrogen-bond acceptors (Lipinski definition) is 3. The highest BCUT2D eigenvalue weighted by atomic mass is 16.5. The predicted octanol–water partition coefficient (Wildman–Crippen LogP) is 2.56. The van der Waals surface area contributed by atoms with E-state index >= 15 is 0 Å². The minimum Gasteiger partial charge on any atom is -0.481 e. The zero-order valence-corrected chi connectivity index (χ0v) is 11.8. The third-order valence-electron chi connectivity index (χ3n) is 4.90. The maximum atomic E-state index is 11.5. The summed E-state index contributed by atoms with van der Waals surface area (Å²) in [6, 6.07) is 0. The molecule has 0 radical (unpaired) electrons. The van der Waals surface area contributed by atoms with Crippen molar-refractivity contribution >= 4 is 5.97 Å². The van der Waals surface area contributed by atoms with Gasteiger partial charge in [-0.2, -0.15) is 0 Å². The molecule has 110 valence electrons. The molecular formula is C15H27NO3. The van der Waals surface area contributed by atoms with E-state index in [1.54, 1.807) is 0 Å². The average molecular weight is 269 g/mol. The van der Waals surface area contributed by atoms with Gasteiger partial charge in [-0.3, -0.25) is 4.79 Å². The number of aliphatic carboxylic acids is 1. The number of ether oxygens (including phenoxy) is 1.